The fourth-order valence-corrected chi connectivity index (χ4v) is 2.90. The summed E-state index contributed by atoms with van der Waals surface area (Å²) in [5, 5.41) is 2.73. The number of hydrogen-bond donors (Lipinski definition) is 0. The van der Waals surface area contributed by atoms with Crippen LogP contribution in [-0.2, 0) is 6.18 Å². The summed E-state index contributed by atoms with van der Waals surface area (Å²) in [6.45, 7) is 0.767. The molecule has 132 valence electrons. The van der Waals surface area contributed by atoms with Crippen molar-refractivity contribution >= 4 is 11.4 Å². The van der Waals surface area contributed by atoms with E-state index in [1.165, 1.54) is 23.1 Å². The van der Waals surface area contributed by atoms with Crippen LogP contribution in [0.1, 0.15) is 18.4 Å². The molecule has 1 heterocycles. The molecule has 0 saturated carbocycles. The molecule has 0 aliphatic carbocycles. The first kappa shape index (κ1) is 17.2. The number of alkyl halides is 3. The first-order valence-corrected chi connectivity index (χ1v) is 7.66. The van der Waals surface area contributed by atoms with E-state index in [-0.39, 0.29) is 17.1 Å². The lowest BCUT2D eigenvalue weighted by molar-refractivity contribution is -0.138. The molecule has 4 nitrogen and oxygen atoms in total. The lowest BCUT2D eigenvalue weighted by atomic mass is 10.1. The van der Waals surface area contributed by atoms with E-state index in [0.717, 1.165) is 18.2 Å². The van der Waals surface area contributed by atoms with E-state index in [2.05, 4.69) is 5.18 Å². The van der Waals surface area contributed by atoms with Gasteiger partial charge in [0.05, 0.1) is 5.69 Å². The summed E-state index contributed by atoms with van der Waals surface area (Å²) in [6, 6.07) is 7.33. The Kier molecular flexibility index (Phi) is 4.61. The van der Waals surface area contributed by atoms with Crippen LogP contribution in [0, 0.1) is 10.7 Å². The molecule has 2 aromatic carbocycles. The minimum Gasteiger partial charge on any atom is -0.454 e. The summed E-state index contributed by atoms with van der Waals surface area (Å²) in [5.41, 5.74) is -1.74. The molecule has 2 aromatic rings. The Bertz CT molecular complexity index is 787. The summed E-state index contributed by atoms with van der Waals surface area (Å²) < 4.78 is 60.2. The van der Waals surface area contributed by atoms with E-state index in [1.807, 2.05) is 0 Å². The molecule has 0 aromatic heterocycles. The van der Waals surface area contributed by atoms with Crippen molar-refractivity contribution in [1.82, 2.24) is 0 Å². The van der Waals surface area contributed by atoms with E-state index in [0.29, 0.717) is 25.9 Å². The van der Waals surface area contributed by atoms with Gasteiger partial charge in [0.1, 0.15) is 17.0 Å². The van der Waals surface area contributed by atoms with Gasteiger partial charge in [0.2, 0.25) is 0 Å². The number of benzene rings is 2. The zero-order valence-electron chi connectivity index (χ0n) is 13.0. The zero-order valence-corrected chi connectivity index (χ0v) is 13.0. The number of nitroso groups, excluding NO2 is 1. The summed E-state index contributed by atoms with van der Waals surface area (Å²) in [6.07, 6.45) is -3.36. The summed E-state index contributed by atoms with van der Waals surface area (Å²) in [4.78, 5) is 12.5. The summed E-state index contributed by atoms with van der Waals surface area (Å²) in [5.74, 6) is -1.67. The molecule has 0 atom stereocenters. The molecule has 1 aliphatic rings. The fourth-order valence-electron chi connectivity index (χ4n) is 2.90. The minimum atomic E-state index is -4.79. The average Bonchev–Trinajstić information content (AvgIpc) is 3.09. The maximum atomic E-state index is 13.8. The van der Waals surface area contributed by atoms with Crippen LogP contribution in [0.4, 0.5) is 28.9 Å². The van der Waals surface area contributed by atoms with Gasteiger partial charge in [0.25, 0.3) is 0 Å². The van der Waals surface area contributed by atoms with Crippen molar-refractivity contribution < 1.29 is 22.3 Å². The van der Waals surface area contributed by atoms with Gasteiger partial charge in [-0.15, -0.1) is 4.91 Å². The molecule has 0 unspecified atom stereocenters. The van der Waals surface area contributed by atoms with Gasteiger partial charge in [-0.1, -0.05) is 12.1 Å². The highest BCUT2D eigenvalue weighted by Crippen LogP contribution is 2.49. The first-order valence-electron chi connectivity index (χ1n) is 7.66. The van der Waals surface area contributed by atoms with Gasteiger partial charge in [0.15, 0.2) is 11.6 Å². The Morgan fingerprint density at radius 3 is 2.28 bits per heavy atom. The van der Waals surface area contributed by atoms with Crippen LogP contribution in [0.25, 0.3) is 0 Å². The third-order valence-corrected chi connectivity index (χ3v) is 3.98. The fraction of sp³-hybridized carbons (Fsp3) is 0.294. The van der Waals surface area contributed by atoms with Crippen LogP contribution in [0.2, 0.25) is 0 Å². The lowest BCUT2D eigenvalue weighted by Gasteiger charge is -2.25. The average molecular weight is 354 g/mol. The third-order valence-electron chi connectivity index (χ3n) is 3.98. The molecule has 0 N–H and O–H groups in total. The Hall–Kier alpha value is -2.64. The van der Waals surface area contributed by atoms with E-state index < -0.39 is 23.3 Å². The number of para-hydroxylation sites is 1. The predicted molar refractivity (Wildman–Crippen MR) is 84.8 cm³/mol. The smallest absolute Gasteiger partial charge is 0.422 e. The molecule has 3 rings (SSSR count). The standard InChI is InChI=1S/C17H14F4N2O2/c18-11-5-1-2-6-13(11)25-14-8-7-12(22-24)16(15(14)17(19,20)21)23-9-3-4-10-23/h1-2,5-8H,3-4,9-10H2. The second kappa shape index (κ2) is 6.70. The molecule has 1 fully saturated rings. The third kappa shape index (κ3) is 3.42. The van der Waals surface area contributed by atoms with Crippen molar-refractivity contribution in [3.8, 4) is 11.5 Å². The van der Waals surface area contributed by atoms with Crippen molar-refractivity contribution in [2.75, 3.05) is 18.0 Å². The van der Waals surface area contributed by atoms with E-state index in [9.17, 15) is 22.5 Å². The minimum absolute atomic E-state index is 0.310. The van der Waals surface area contributed by atoms with Crippen molar-refractivity contribution in [3.63, 3.8) is 0 Å². The number of ether oxygens (including phenoxy) is 1. The Morgan fingerprint density at radius 2 is 1.68 bits per heavy atom. The molecule has 1 aliphatic heterocycles. The molecule has 8 heteroatoms. The zero-order chi connectivity index (χ0) is 18.0. The van der Waals surface area contributed by atoms with Crippen molar-refractivity contribution in [2.45, 2.75) is 19.0 Å². The normalized spacial score (nSPS) is 14.6. The van der Waals surface area contributed by atoms with E-state index >= 15 is 0 Å². The van der Waals surface area contributed by atoms with Crippen LogP contribution in [-0.4, -0.2) is 13.1 Å². The molecule has 0 bridgehead atoms. The second-order valence-corrected chi connectivity index (χ2v) is 5.62. The van der Waals surface area contributed by atoms with Crippen LogP contribution in [0.3, 0.4) is 0 Å². The largest absolute Gasteiger partial charge is 0.454 e. The number of halogens is 4. The van der Waals surface area contributed by atoms with Gasteiger partial charge in [-0.2, -0.15) is 13.2 Å². The van der Waals surface area contributed by atoms with Gasteiger partial charge in [-0.25, -0.2) is 4.39 Å². The van der Waals surface area contributed by atoms with Gasteiger partial charge in [-0.3, -0.25) is 0 Å². The quantitative estimate of drug-likeness (QED) is 0.527. The van der Waals surface area contributed by atoms with Crippen molar-refractivity contribution in [2.24, 2.45) is 5.18 Å². The van der Waals surface area contributed by atoms with Gasteiger partial charge in [0, 0.05) is 13.1 Å². The van der Waals surface area contributed by atoms with E-state index in [1.54, 1.807) is 0 Å². The molecule has 0 radical (unpaired) electrons. The monoisotopic (exact) mass is 354 g/mol. The van der Waals surface area contributed by atoms with Crippen LogP contribution in [0.15, 0.2) is 41.6 Å². The molecule has 0 spiro atoms. The maximum Gasteiger partial charge on any atom is 0.422 e. The topological polar surface area (TPSA) is 41.9 Å². The second-order valence-electron chi connectivity index (χ2n) is 5.62. The van der Waals surface area contributed by atoms with Crippen LogP contribution < -0.4 is 9.64 Å². The SMILES string of the molecule is O=Nc1ccc(Oc2ccccc2F)c(C(F)(F)F)c1N1CCCC1. The maximum absolute atomic E-state index is 13.8. The highest BCUT2D eigenvalue weighted by atomic mass is 19.4. The highest BCUT2D eigenvalue weighted by Gasteiger charge is 2.41. The van der Waals surface area contributed by atoms with Crippen molar-refractivity contribution in [1.29, 1.82) is 0 Å². The Labute approximate surface area is 141 Å². The molecule has 25 heavy (non-hydrogen) atoms. The lowest BCUT2D eigenvalue weighted by Crippen LogP contribution is -2.23. The number of hydrogen-bond acceptors (Lipinski definition) is 4. The van der Waals surface area contributed by atoms with Crippen molar-refractivity contribution in [3.05, 3.63) is 52.7 Å². The van der Waals surface area contributed by atoms with Gasteiger partial charge in [-0.05, 0) is 42.3 Å². The van der Waals surface area contributed by atoms with Gasteiger partial charge < -0.3 is 9.64 Å². The van der Waals surface area contributed by atoms with E-state index in [4.69, 9.17) is 4.74 Å². The molecule has 1 saturated heterocycles. The molecular weight excluding hydrogens is 340 g/mol. The van der Waals surface area contributed by atoms with Crippen LogP contribution in [0.5, 0.6) is 11.5 Å². The summed E-state index contributed by atoms with van der Waals surface area (Å²) in [7, 11) is 0. The number of anilines is 1. The summed E-state index contributed by atoms with van der Waals surface area (Å²) >= 11 is 0. The Balaban J connectivity index is 2.16. The number of rotatable bonds is 4. The predicted octanol–water partition coefficient (Wildman–Crippen LogP) is 5.63. The van der Waals surface area contributed by atoms with Crippen LogP contribution >= 0.6 is 0 Å². The highest BCUT2D eigenvalue weighted by molar-refractivity contribution is 5.75. The first-order chi connectivity index (χ1) is 11.9. The molecule has 0 amide bonds. The number of nitrogens with zero attached hydrogens (tertiary/aromatic N) is 2. The van der Waals surface area contributed by atoms with Gasteiger partial charge >= 0.3 is 6.18 Å². The Morgan fingerprint density at radius 1 is 1.00 bits per heavy atom. The molecular formula is C17H14F4N2O2.